The predicted octanol–water partition coefficient (Wildman–Crippen LogP) is 5.94. The number of aryl methyl sites for hydroxylation is 1. The van der Waals surface area contributed by atoms with Crippen molar-refractivity contribution in [1.29, 1.82) is 0 Å². The maximum absolute atomic E-state index is 12.7. The number of amides is 1. The van der Waals surface area contributed by atoms with Crippen molar-refractivity contribution < 1.29 is 19.1 Å². The van der Waals surface area contributed by atoms with E-state index in [0.717, 1.165) is 93.9 Å². The van der Waals surface area contributed by atoms with Gasteiger partial charge in [0.2, 0.25) is 5.91 Å². The maximum atomic E-state index is 12.7. The third-order valence-corrected chi connectivity index (χ3v) is 8.87. The zero-order chi connectivity index (χ0) is 27.2. The molecule has 2 aliphatic heterocycles. The molecular weight excluding hydrogens is 537 g/mol. The Kier molecular flexibility index (Phi) is 9.53. The molecule has 0 unspecified atom stereocenters. The number of piperazine rings is 1. The van der Waals surface area contributed by atoms with Gasteiger partial charge in [0.25, 0.3) is 0 Å². The van der Waals surface area contributed by atoms with Crippen LogP contribution in [0.1, 0.15) is 50.5 Å². The van der Waals surface area contributed by atoms with Crippen molar-refractivity contribution in [3.05, 3.63) is 52.0 Å². The number of esters is 1. The van der Waals surface area contributed by atoms with Gasteiger partial charge in [-0.1, -0.05) is 48.2 Å². The molecule has 1 saturated heterocycles. The number of nitrogens with zero attached hydrogens (tertiary/aromatic N) is 3. The molecule has 1 amide bonds. The van der Waals surface area contributed by atoms with Gasteiger partial charge in [-0.05, 0) is 62.4 Å². The highest BCUT2D eigenvalue weighted by Crippen LogP contribution is 2.34. The minimum Gasteiger partial charge on any atom is -0.494 e. The number of rotatable bonds is 10. The van der Waals surface area contributed by atoms with Crippen molar-refractivity contribution >= 4 is 46.5 Å². The fourth-order valence-corrected chi connectivity index (χ4v) is 6.15. The van der Waals surface area contributed by atoms with E-state index in [4.69, 9.17) is 32.7 Å². The van der Waals surface area contributed by atoms with Crippen LogP contribution in [0.2, 0.25) is 10.0 Å². The summed E-state index contributed by atoms with van der Waals surface area (Å²) in [7, 11) is 0. The van der Waals surface area contributed by atoms with Gasteiger partial charge in [-0.25, -0.2) is 0 Å². The summed E-state index contributed by atoms with van der Waals surface area (Å²) < 4.78 is 11.6. The quantitative estimate of drug-likeness (QED) is 0.259. The van der Waals surface area contributed by atoms with Crippen LogP contribution in [-0.4, -0.2) is 62.8 Å². The smallest absolute Gasteiger partial charge is 0.310 e. The molecule has 0 bridgehead atoms. The van der Waals surface area contributed by atoms with E-state index in [-0.39, 0.29) is 24.5 Å². The number of hydrogen-bond donors (Lipinski definition) is 0. The van der Waals surface area contributed by atoms with Crippen molar-refractivity contribution in [1.82, 2.24) is 4.90 Å². The predicted molar refractivity (Wildman–Crippen MR) is 155 cm³/mol. The van der Waals surface area contributed by atoms with Crippen molar-refractivity contribution in [2.75, 3.05) is 55.9 Å². The summed E-state index contributed by atoms with van der Waals surface area (Å²) in [6.45, 7) is 5.45. The Morgan fingerprint density at radius 2 is 1.74 bits per heavy atom. The standard InChI is InChI=1S/C30H37Cl2N3O4/c31-25-8-5-9-26(29(25)32)34-17-15-33(16-18-34)14-3-4-19-38-24-12-10-22-11-13-28(36)35(27(22)20-24)21-39-30(37)23-6-1-2-7-23/h5,8-10,12,20,23H,1-4,6-7,11,13-19,21H2. The maximum Gasteiger partial charge on any atom is 0.310 e. The van der Waals surface area contributed by atoms with Crippen molar-refractivity contribution in [3.8, 4) is 5.75 Å². The second-order valence-corrected chi connectivity index (χ2v) is 11.4. The van der Waals surface area contributed by atoms with Gasteiger partial charge in [0.15, 0.2) is 6.73 Å². The Bertz CT molecular complexity index is 1160. The lowest BCUT2D eigenvalue weighted by Gasteiger charge is -2.36. The highest BCUT2D eigenvalue weighted by Gasteiger charge is 2.29. The zero-order valence-electron chi connectivity index (χ0n) is 22.4. The highest BCUT2D eigenvalue weighted by atomic mass is 35.5. The number of benzene rings is 2. The Morgan fingerprint density at radius 3 is 2.54 bits per heavy atom. The van der Waals surface area contributed by atoms with Crippen LogP contribution in [0.25, 0.3) is 0 Å². The van der Waals surface area contributed by atoms with Crippen LogP contribution >= 0.6 is 23.2 Å². The summed E-state index contributed by atoms with van der Waals surface area (Å²) in [6.07, 6.45) is 7.02. The molecular formula is C30H37Cl2N3O4. The van der Waals surface area contributed by atoms with E-state index >= 15 is 0 Å². The molecule has 39 heavy (non-hydrogen) atoms. The molecule has 5 rings (SSSR count). The number of halogens is 2. The second-order valence-electron chi connectivity index (χ2n) is 10.6. The molecule has 2 aromatic carbocycles. The highest BCUT2D eigenvalue weighted by molar-refractivity contribution is 6.43. The number of anilines is 2. The molecule has 1 saturated carbocycles. The number of hydrogen-bond acceptors (Lipinski definition) is 6. The first kappa shape index (κ1) is 28.1. The van der Waals surface area contributed by atoms with Gasteiger partial charge < -0.3 is 14.4 Å². The first-order chi connectivity index (χ1) is 19.0. The number of ether oxygens (including phenoxy) is 2. The Morgan fingerprint density at radius 1 is 0.949 bits per heavy atom. The topological polar surface area (TPSA) is 62.3 Å². The molecule has 1 aliphatic carbocycles. The van der Waals surface area contributed by atoms with E-state index in [1.54, 1.807) is 4.90 Å². The van der Waals surface area contributed by atoms with E-state index in [1.807, 2.05) is 36.4 Å². The average molecular weight is 575 g/mol. The molecule has 2 aromatic rings. The Labute approximate surface area is 240 Å². The molecule has 2 heterocycles. The first-order valence-corrected chi connectivity index (χ1v) is 14.9. The van der Waals surface area contributed by atoms with Crippen LogP contribution < -0.4 is 14.5 Å². The summed E-state index contributed by atoms with van der Waals surface area (Å²) in [5.41, 5.74) is 2.88. The number of fused-ring (bicyclic) bond motifs is 1. The summed E-state index contributed by atoms with van der Waals surface area (Å²) in [4.78, 5) is 31.4. The molecule has 0 aromatic heterocycles. The minimum atomic E-state index is -0.186. The van der Waals surface area contributed by atoms with Crippen LogP contribution in [0, 0.1) is 5.92 Å². The van der Waals surface area contributed by atoms with Gasteiger partial charge in [0.1, 0.15) is 5.75 Å². The SMILES string of the molecule is O=C(OCN1C(=O)CCc2ccc(OCCCCN3CCN(c4cccc(Cl)c4Cl)CC3)cc21)C1CCCC1. The molecule has 3 aliphatic rings. The van der Waals surface area contributed by atoms with Gasteiger partial charge in [-0.2, -0.15) is 0 Å². The summed E-state index contributed by atoms with van der Waals surface area (Å²) in [5.74, 6) is 0.512. The van der Waals surface area contributed by atoms with Crippen LogP contribution in [0.5, 0.6) is 5.75 Å². The van der Waals surface area contributed by atoms with Gasteiger partial charge >= 0.3 is 5.97 Å². The largest absolute Gasteiger partial charge is 0.494 e. The lowest BCUT2D eigenvalue weighted by atomic mass is 10.0. The molecule has 0 radical (unpaired) electrons. The molecule has 210 valence electrons. The van der Waals surface area contributed by atoms with E-state index in [9.17, 15) is 9.59 Å². The van der Waals surface area contributed by atoms with Crippen molar-refractivity contribution in [2.45, 2.75) is 51.4 Å². The molecule has 9 heteroatoms. The molecule has 0 N–H and O–H groups in total. The van der Waals surface area contributed by atoms with E-state index in [2.05, 4.69) is 9.80 Å². The number of carbonyl (C=O) groups excluding carboxylic acids is 2. The van der Waals surface area contributed by atoms with Gasteiger partial charge in [-0.3, -0.25) is 19.4 Å². The monoisotopic (exact) mass is 573 g/mol. The van der Waals surface area contributed by atoms with Crippen LogP contribution in [0.15, 0.2) is 36.4 Å². The molecule has 0 spiro atoms. The lowest BCUT2D eigenvalue weighted by Crippen LogP contribution is -2.46. The fourth-order valence-electron chi connectivity index (χ4n) is 5.73. The van der Waals surface area contributed by atoms with Gasteiger partial charge in [-0.15, -0.1) is 0 Å². The third kappa shape index (κ3) is 7.00. The van der Waals surface area contributed by atoms with Crippen LogP contribution in [0.4, 0.5) is 11.4 Å². The van der Waals surface area contributed by atoms with E-state index in [0.29, 0.717) is 29.5 Å². The van der Waals surface area contributed by atoms with Crippen LogP contribution in [0.3, 0.4) is 0 Å². The summed E-state index contributed by atoms with van der Waals surface area (Å²) in [6, 6.07) is 11.7. The third-order valence-electron chi connectivity index (χ3n) is 8.06. The first-order valence-electron chi connectivity index (χ1n) is 14.1. The minimum absolute atomic E-state index is 0.0170. The normalized spacial score (nSPS) is 18.4. The number of unbranched alkanes of at least 4 members (excludes halogenated alkanes) is 1. The van der Waals surface area contributed by atoms with Crippen LogP contribution in [-0.2, 0) is 20.7 Å². The summed E-state index contributed by atoms with van der Waals surface area (Å²) >= 11 is 12.6. The molecule has 7 nitrogen and oxygen atoms in total. The molecule has 0 atom stereocenters. The molecule has 2 fully saturated rings. The van der Waals surface area contributed by atoms with Crippen molar-refractivity contribution in [2.24, 2.45) is 5.92 Å². The second kappa shape index (κ2) is 13.2. The number of carbonyl (C=O) groups is 2. The Balaban J connectivity index is 1.05. The van der Waals surface area contributed by atoms with Gasteiger partial charge in [0, 0.05) is 38.7 Å². The zero-order valence-corrected chi connectivity index (χ0v) is 23.9. The van der Waals surface area contributed by atoms with Gasteiger partial charge in [0.05, 0.1) is 33.9 Å². The van der Waals surface area contributed by atoms with E-state index < -0.39 is 0 Å². The van der Waals surface area contributed by atoms with Crippen molar-refractivity contribution in [3.63, 3.8) is 0 Å². The van der Waals surface area contributed by atoms with E-state index in [1.165, 1.54) is 0 Å². The Hall–Kier alpha value is -2.48. The summed E-state index contributed by atoms with van der Waals surface area (Å²) in [5, 5.41) is 1.22. The lowest BCUT2D eigenvalue weighted by molar-refractivity contribution is -0.148. The fraction of sp³-hybridized carbons (Fsp3) is 0.533. The average Bonchev–Trinajstić information content (AvgIpc) is 3.49.